The van der Waals surface area contributed by atoms with E-state index in [2.05, 4.69) is 10.6 Å². The lowest BCUT2D eigenvalue weighted by Gasteiger charge is -2.16. The van der Waals surface area contributed by atoms with E-state index in [0.717, 1.165) is 11.1 Å². The standard InChI is InChI=1S/C20H20N2O4/c1-14-8-6-7-9-15(14)12-13-17(23)26-18(16-10-4-3-5-11-16)19(24)22-20(25)21-2/h3-13,18H,1-2H3,(H2,21,22,24,25)/b13-12+/t18-/m0/s1. The summed E-state index contributed by atoms with van der Waals surface area (Å²) in [5.74, 6) is -1.41. The van der Waals surface area contributed by atoms with Crippen molar-refractivity contribution in [2.24, 2.45) is 0 Å². The lowest BCUT2D eigenvalue weighted by atomic mass is 10.1. The maximum atomic E-state index is 12.3. The largest absolute Gasteiger partial charge is 0.444 e. The van der Waals surface area contributed by atoms with Crippen LogP contribution >= 0.6 is 0 Å². The van der Waals surface area contributed by atoms with Gasteiger partial charge in [0.15, 0.2) is 0 Å². The molecule has 134 valence electrons. The van der Waals surface area contributed by atoms with Gasteiger partial charge in [-0.05, 0) is 24.1 Å². The van der Waals surface area contributed by atoms with Crippen molar-refractivity contribution in [1.29, 1.82) is 0 Å². The lowest BCUT2D eigenvalue weighted by molar-refractivity contribution is -0.151. The van der Waals surface area contributed by atoms with E-state index >= 15 is 0 Å². The molecule has 0 bridgehead atoms. The number of hydrogen-bond acceptors (Lipinski definition) is 4. The Morgan fingerprint density at radius 1 is 1.00 bits per heavy atom. The molecule has 0 saturated carbocycles. The quantitative estimate of drug-likeness (QED) is 0.640. The molecule has 0 radical (unpaired) electrons. The Balaban J connectivity index is 2.15. The van der Waals surface area contributed by atoms with Crippen LogP contribution in [0.2, 0.25) is 0 Å². The molecule has 1 atom stereocenters. The van der Waals surface area contributed by atoms with Crippen LogP contribution < -0.4 is 10.6 Å². The number of imide groups is 1. The Kier molecular flexibility index (Phi) is 6.68. The summed E-state index contributed by atoms with van der Waals surface area (Å²) in [7, 11) is 1.39. The van der Waals surface area contributed by atoms with E-state index in [1.807, 2.05) is 31.2 Å². The number of esters is 1. The van der Waals surface area contributed by atoms with E-state index in [9.17, 15) is 14.4 Å². The predicted molar refractivity (Wildman–Crippen MR) is 98.1 cm³/mol. The van der Waals surface area contributed by atoms with Crippen molar-refractivity contribution >= 4 is 24.0 Å². The Bertz CT molecular complexity index is 816. The number of urea groups is 1. The second-order valence-corrected chi connectivity index (χ2v) is 5.49. The lowest BCUT2D eigenvalue weighted by Crippen LogP contribution is -2.41. The Morgan fingerprint density at radius 3 is 2.31 bits per heavy atom. The topological polar surface area (TPSA) is 84.5 Å². The summed E-state index contributed by atoms with van der Waals surface area (Å²) in [6, 6.07) is 15.4. The van der Waals surface area contributed by atoms with Crippen molar-refractivity contribution in [2.45, 2.75) is 13.0 Å². The Hall–Kier alpha value is -3.41. The van der Waals surface area contributed by atoms with Crippen molar-refractivity contribution in [1.82, 2.24) is 10.6 Å². The minimum Gasteiger partial charge on any atom is -0.444 e. The third kappa shape index (κ3) is 5.31. The van der Waals surface area contributed by atoms with E-state index in [1.165, 1.54) is 13.1 Å². The monoisotopic (exact) mass is 352 g/mol. The normalized spacial score (nSPS) is 11.6. The molecule has 0 spiro atoms. The van der Waals surface area contributed by atoms with Crippen LogP contribution in [0.25, 0.3) is 6.08 Å². The van der Waals surface area contributed by atoms with Gasteiger partial charge >= 0.3 is 12.0 Å². The van der Waals surface area contributed by atoms with E-state index in [4.69, 9.17) is 4.74 Å². The Morgan fingerprint density at radius 2 is 1.65 bits per heavy atom. The summed E-state index contributed by atoms with van der Waals surface area (Å²) < 4.78 is 5.29. The molecule has 6 heteroatoms. The number of nitrogens with one attached hydrogen (secondary N) is 2. The summed E-state index contributed by atoms with van der Waals surface area (Å²) in [4.78, 5) is 35.9. The molecule has 0 aliphatic heterocycles. The second kappa shape index (κ2) is 9.17. The smallest absolute Gasteiger partial charge is 0.331 e. The van der Waals surface area contributed by atoms with Crippen LogP contribution in [0.3, 0.4) is 0 Å². The maximum absolute atomic E-state index is 12.3. The third-order valence-electron chi connectivity index (χ3n) is 3.63. The van der Waals surface area contributed by atoms with E-state index < -0.39 is 24.0 Å². The fourth-order valence-corrected chi connectivity index (χ4v) is 2.23. The number of ether oxygens (including phenoxy) is 1. The van der Waals surface area contributed by atoms with Crippen LogP contribution in [0.1, 0.15) is 22.8 Å². The molecule has 0 aliphatic rings. The van der Waals surface area contributed by atoms with Crippen molar-refractivity contribution in [3.63, 3.8) is 0 Å². The number of hydrogen-bond donors (Lipinski definition) is 2. The van der Waals surface area contributed by atoms with Crippen molar-refractivity contribution in [3.8, 4) is 0 Å². The van der Waals surface area contributed by atoms with Crippen molar-refractivity contribution in [2.75, 3.05) is 7.05 Å². The number of benzene rings is 2. The number of carbonyl (C=O) groups is 3. The molecular formula is C20H20N2O4. The van der Waals surface area contributed by atoms with Gasteiger partial charge in [-0.3, -0.25) is 10.1 Å². The van der Waals surface area contributed by atoms with Gasteiger partial charge in [-0.25, -0.2) is 9.59 Å². The van der Waals surface area contributed by atoms with Gasteiger partial charge in [0.05, 0.1) is 0 Å². The average Bonchev–Trinajstić information content (AvgIpc) is 2.66. The zero-order valence-corrected chi connectivity index (χ0v) is 14.6. The number of carbonyl (C=O) groups excluding carboxylic acids is 3. The summed E-state index contributed by atoms with van der Waals surface area (Å²) in [6.45, 7) is 1.93. The SMILES string of the molecule is CNC(=O)NC(=O)[C@@H](OC(=O)/C=C/c1ccccc1C)c1ccccc1. The number of rotatable bonds is 5. The van der Waals surface area contributed by atoms with E-state index in [0.29, 0.717) is 5.56 Å². The molecule has 0 aliphatic carbocycles. The average molecular weight is 352 g/mol. The molecule has 6 nitrogen and oxygen atoms in total. The first-order chi connectivity index (χ1) is 12.5. The first kappa shape index (κ1) is 18.9. The van der Waals surface area contributed by atoms with Gasteiger partial charge in [-0.2, -0.15) is 0 Å². The minimum absolute atomic E-state index is 0.464. The zero-order valence-electron chi connectivity index (χ0n) is 14.6. The third-order valence-corrected chi connectivity index (χ3v) is 3.63. The molecule has 2 aromatic rings. The molecule has 2 aromatic carbocycles. The zero-order chi connectivity index (χ0) is 18.9. The van der Waals surface area contributed by atoms with Crippen molar-refractivity contribution in [3.05, 3.63) is 77.4 Å². The highest BCUT2D eigenvalue weighted by atomic mass is 16.5. The highest BCUT2D eigenvalue weighted by molar-refractivity contribution is 5.98. The molecule has 26 heavy (non-hydrogen) atoms. The molecule has 0 heterocycles. The highest BCUT2D eigenvalue weighted by Gasteiger charge is 2.25. The van der Waals surface area contributed by atoms with Crippen LogP contribution in [-0.2, 0) is 14.3 Å². The van der Waals surface area contributed by atoms with Crippen LogP contribution in [0.4, 0.5) is 4.79 Å². The second-order valence-electron chi connectivity index (χ2n) is 5.49. The molecule has 3 amide bonds. The van der Waals surface area contributed by atoms with Gasteiger partial charge in [0.2, 0.25) is 6.10 Å². The fraction of sp³-hybridized carbons (Fsp3) is 0.150. The molecule has 0 fully saturated rings. The number of amides is 3. The summed E-state index contributed by atoms with van der Waals surface area (Å²) in [6.07, 6.45) is 1.64. The molecular weight excluding hydrogens is 332 g/mol. The van der Waals surface area contributed by atoms with E-state index in [-0.39, 0.29) is 0 Å². The molecule has 0 aromatic heterocycles. The first-order valence-electron chi connectivity index (χ1n) is 8.03. The van der Waals surface area contributed by atoms with Gasteiger partial charge in [0.25, 0.3) is 5.91 Å². The summed E-state index contributed by atoms with van der Waals surface area (Å²) in [5.41, 5.74) is 2.34. The molecule has 0 saturated heterocycles. The fourth-order valence-electron chi connectivity index (χ4n) is 2.23. The molecule has 0 unspecified atom stereocenters. The van der Waals surface area contributed by atoms with Crippen LogP contribution in [0, 0.1) is 6.92 Å². The number of aryl methyl sites for hydroxylation is 1. The van der Waals surface area contributed by atoms with Gasteiger partial charge < -0.3 is 10.1 Å². The minimum atomic E-state index is -1.23. The first-order valence-corrected chi connectivity index (χ1v) is 8.03. The van der Waals surface area contributed by atoms with Gasteiger partial charge in [0, 0.05) is 18.7 Å². The van der Waals surface area contributed by atoms with Crippen LogP contribution in [0.5, 0.6) is 0 Å². The molecule has 2 N–H and O–H groups in total. The van der Waals surface area contributed by atoms with Gasteiger partial charge in [-0.1, -0.05) is 54.6 Å². The maximum Gasteiger partial charge on any atom is 0.331 e. The van der Waals surface area contributed by atoms with Crippen molar-refractivity contribution < 1.29 is 19.1 Å². The predicted octanol–water partition coefficient (Wildman–Crippen LogP) is 2.75. The van der Waals surface area contributed by atoms with Gasteiger partial charge in [0.1, 0.15) is 0 Å². The molecule has 2 rings (SSSR count). The summed E-state index contributed by atoms with van der Waals surface area (Å²) >= 11 is 0. The summed E-state index contributed by atoms with van der Waals surface area (Å²) in [5, 5.41) is 4.41. The Labute approximate surface area is 151 Å². The van der Waals surface area contributed by atoms with E-state index in [1.54, 1.807) is 36.4 Å². The van der Waals surface area contributed by atoms with Crippen LogP contribution in [0.15, 0.2) is 60.7 Å². The highest BCUT2D eigenvalue weighted by Crippen LogP contribution is 2.18. The van der Waals surface area contributed by atoms with Gasteiger partial charge in [-0.15, -0.1) is 0 Å². The van der Waals surface area contributed by atoms with Crippen LogP contribution in [-0.4, -0.2) is 25.0 Å².